The molecule has 0 spiro atoms. The summed E-state index contributed by atoms with van der Waals surface area (Å²) in [4.78, 5) is 26.1. The van der Waals surface area contributed by atoms with Crippen LogP contribution in [-0.2, 0) is 16.1 Å². The fourth-order valence-electron chi connectivity index (χ4n) is 4.21. The Morgan fingerprint density at radius 3 is 2.24 bits per heavy atom. The largest absolute Gasteiger partial charge is 0.496 e. The van der Waals surface area contributed by atoms with Crippen molar-refractivity contribution in [3.63, 3.8) is 0 Å². The highest BCUT2D eigenvalue weighted by molar-refractivity contribution is 6.32. The highest BCUT2D eigenvalue weighted by Crippen LogP contribution is 2.39. The van der Waals surface area contributed by atoms with Crippen LogP contribution in [0.2, 0.25) is 5.02 Å². The predicted molar refractivity (Wildman–Crippen MR) is 149 cm³/mol. The van der Waals surface area contributed by atoms with Crippen molar-refractivity contribution in [1.82, 2.24) is 4.90 Å². The van der Waals surface area contributed by atoms with Crippen LogP contribution in [-0.4, -0.2) is 49.9 Å². The minimum absolute atomic E-state index is 0.121. The van der Waals surface area contributed by atoms with Gasteiger partial charge >= 0.3 is 12.0 Å². The summed E-state index contributed by atoms with van der Waals surface area (Å²) in [5.74, 6) is 1.48. The second-order valence-corrected chi connectivity index (χ2v) is 10.0. The standard InChI is InChI=1S/C29H41ClN2O6/c1-7-9-10-21(23-17-24(30)26(36-6)18-25(23)35-5)15-16-32(28(31)34)19-20-11-13-22(14-12-20)38-29(3,4)27(33)37-8-2/h11-14,17-18,21H,7-10,15-16,19H2,1-6H3,(H2,31,34). The third kappa shape index (κ3) is 8.72. The Hall–Kier alpha value is -3.13. The topological polar surface area (TPSA) is 100 Å². The first-order valence-corrected chi connectivity index (χ1v) is 13.3. The number of halogens is 1. The Labute approximate surface area is 231 Å². The molecule has 0 aliphatic heterocycles. The maximum Gasteiger partial charge on any atom is 0.349 e. The normalized spacial score (nSPS) is 12.0. The first-order valence-electron chi connectivity index (χ1n) is 13.0. The fraction of sp³-hybridized carbons (Fsp3) is 0.517. The maximum absolute atomic E-state index is 12.3. The number of urea groups is 1. The molecule has 2 rings (SSSR count). The van der Waals surface area contributed by atoms with Crippen molar-refractivity contribution in [2.75, 3.05) is 27.4 Å². The Bertz CT molecular complexity index is 1060. The molecule has 0 heterocycles. The molecule has 8 nitrogen and oxygen atoms in total. The van der Waals surface area contributed by atoms with Crippen molar-refractivity contribution in [2.45, 2.75) is 71.4 Å². The second-order valence-electron chi connectivity index (χ2n) is 9.59. The summed E-state index contributed by atoms with van der Waals surface area (Å²) in [7, 11) is 3.19. The van der Waals surface area contributed by atoms with Gasteiger partial charge in [-0.25, -0.2) is 9.59 Å². The van der Waals surface area contributed by atoms with Crippen molar-refractivity contribution in [2.24, 2.45) is 5.73 Å². The molecule has 2 amide bonds. The highest BCUT2D eigenvalue weighted by Gasteiger charge is 2.31. The first kappa shape index (κ1) is 31.1. The molecule has 0 saturated carbocycles. The third-order valence-corrected chi connectivity index (χ3v) is 6.64. The molecule has 1 unspecified atom stereocenters. The van der Waals surface area contributed by atoms with Crippen molar-refractivity contribution < 1.29 is 28.5 Å². The molecule has 0 aliphatic rings. The second kappa shape index (κ2) is 14.7. The molecule has 0 aliphatic carbocycles. The van der Waals surface area contributed by atoms with Gasteiger partial charge in [-0.2, -0.15) is 0 Å². The Balaban J connectivity index is 2.15. The number of amides is 2. The van der Waals surface area contributed by atoms with E-state index in [1.165, 1.54) is 0 Å². The van der Waals surface area contributed by atoms with Crippen molar-refractivity contribution in [3.8, 4) is 17.2 Å². The van der Waals surface area contributed by atoms with Gasteiger partial charge < -0.3 is 29.6 Å². The first-order chi connectivity index (χ1) is 18.1. The summed E-state index contributed by atoms with van der Waals surface area (Å²) in [5, 5.41) is 0.519. The summed E-state index contributed by atoms with van der Waals surface area (Å²) in [5.41, 5.74) is 6.51. The van der Waals surface area contributed by atoms with Crippen LogP contribution in [0.15, 0.2) is 36.4 Å². The van der Waals surface area contributed by atoms with Crippen molar-refractivity contribution in [3.05, 3.63) is 52.5 Å². The van der Waals surface area contributed by atoms with E-state index in [4.69, 9.17) is 36.3 Å². The average molecular weight is 549 g/mol. The number of rotatable bonds is 15. The molecule has 0 bridgehead atoms. The Morgan fingerprint density at radius 2 is 1.68 bits per heavy atom. The number of esters is 1. The molecule has 0 saturated heterocycles. The van der Waals surface area contributed by atoms with E-state index >= 15 is 0 Å². The van der Waals surface area contributed by atoms with Gasteiger partial charge in [0.05, 0.1) is 25.8 Å². The molecule has 1 atom stereocenters. The van der Waals surface area contributed by atoms with E-state index in [0.29, 0.717) is 41.8 Å². The fourth-order valence-corrected chi connectivity index (χ4v) is 4.46. The van der Waals surface area contributed by atoms with E-state index in [0.717, 1.165) is 30.4 Å². The number of carbonyl (C=O) groups is 2. The average Bonchev–Trinajstić information content (AvgIpc) is 2.88. The third-order valence-electron chi connectivity index (χ3n) is 6.35. The number of methoxy groups -OCH3 is 2. The zero-order valence-corrected chi connectivity index (χ0v) is 24.1. The van der Waals surface area contributed by atoms with E-state index in [-0.39, 0.29) is 12.5 Å². The van der Waals surface area contributed by atoms with Crippen LogP contribution in [0.1, 0.15) is 70.4 Å². The van der Waals surface area contributed by atoms with Crippen LogP contribution in [0, 0.1) is 0 Å². The predicted octanol–water partition coefficient (Wildman–Crippen LogP) is 6.32. The van der Waals surface area contributed by atoms with Gasteiger partial charge in [-0.15, -0.1) is 0 Å². The zero-order valence-electron chi connectivity index (χ0n) is 23.3. The molecule has 0 fully saturated rings. The summed E-state index contributed by atoms with van der Waals surface area (Å²) >= 11 is 6.44. The van der Waals surface area contributed by atoms with Gasteiger partial charge in [0.25, 0.3) is 0 Å². The number of hydrogen-bond donors (Lipinski definition) is 1. The molecular formula is C29H41ClN2O6. The summed E-state index contributed by atoms with van der Waals surface area (Å²) in [6, 6.07) is 10.4. The van der Waals surface area contributed by atoms with Gasteiger partial charge in [-0.3, -0.25) is 0 Å². The molecule has 210 valence electrons. The number of primary amides is 1. The number of carbonyl (C=O) groups excluding carboxylic acids is 2. The van der Waals surface area contributed by atoms with Crippen LogP contribution >= 0.6 is 11.6 Å². The lowest BCUT2D eigenvalue weighted by atomic mass is 9.89. The lowest BCUT2D eigenvalue weighted by Gasteiger charge is -2.26. The van der Waals surface area contributed by atoms with Crippen LogP contribution in [0.3, 0.4) is 0 Å². The molecule has 2 aromatic carbocycles. The Kier molecular flexibility index (Phi) is 12.0. The number of ether oxygens (including phenoxy) is 4. The van der Waals surface area contributed by atoms with Crippen LogP contribution < -0.4 is 19.9 Å². The molecule has 2 aromatic rings. The van der Waals surface area contributed by atoms with Gasteiger partial charge in [-0.05, 0) is 68.9 Å². The lowest BCUT2D eigenvalue weighted by Crippen LogP contribution is -2.39. The minimum Gasteiger partial charge on any atom is -0.496 e. The molecule has 2 N–H and O–H groups in total. The zero-order chi connectivity index (χ0) is 28.3. The molecule has 38 heavy (non-hydrogen) atoms. The number of nitrogens with two attached hydrogens (primary N) is 1. The van der Waals surface area contributed by atoms with Gasteiger partial charge in [0.1, 0.15) is 17.2 Å². The molecular weight excluding hydrogens is 508 g/mol. The van der Waals surface area contributed by atoms with Gasteiger partial charge in [0.15, 0.2) is 5.60 Å². The van der Waals surface area contributed by atoms with E-state index in [1.807, 2.05) is 18.2 Å². The van der Waals surface area contributed by atoms with E-state index in [1.54, 1.807) is 58.1 Å². The number of nitrogens with zero attached hydrogens (tertiary/aromatic N) is 1. The van der Waals surface area contributed by atoms with E-state index < -0.39 is 17.6 Å². The maximum atomic E-state index is 12.3. The number of hydrogen-bond acceptors (Lipinski definition) is 6. The van der Waals surface area contributed by atoms with Crippen molar-refractivity contribution in [1.29, 1.82) is 0 Å². The van der Waals surface area contributed by atoms with Gasteiger partial charge in [0, 0.05) is 19.2 Å². The number of benzene rings is 2. The molecule has 0 radical (unpaired) electrons. The molecule has 9 heteroatoms. The van der Waals surface area contributed by atoms with Crippen LogP contribution in [0.25, 0.3) is 0 Å². The van der Waals surface area contributed by atoms with Gasteiger partial charge in [-0.1, -0.05) is 43.5 Å². The number of unbranched alkanes of at least 4 members (excludes halogenated alkanes) is 1. The minimum atomic E-state index is -1.12. The van der Waals surface area contributed by atoms with Crippen molar-refractivity contribution >= 4 is 23.6 Å². The summed E-state index contributed by atoms with van der Waals surface area (Å²) < 4.78 is 21.9. The molecule has 0 aromatic heterocycles. The lowest BCUT2D eigenvalue weighted by molar-refractivity contribution is -0.158. The smallest absolute Gasteiger partial charge is 0.349 e. The SMILES string of the molecule is CCCCC(CCN(Cc1ccc(OC(C)(C)C(=O)OCC)cc1)C(N)=O)c1cc(Cl)c(OC)cc1OC. The monoisotopic (exact) mass is 548 g/mol. The Morgan fingerprint density at radius 1 is 1.03 bits per heavy atom. The quantitative estimate of drug-likeness (QED) is 0.261. The van der Waals surface area contributed by atoms with E-state index in [9.17, 15) is 9.59 Å². The van der Waals surface area contributed by atoms with Crippen LogP contribution in [0.4, 0.5) is 4.79 Å². The van der Waals surface area contributed by atoms with E-state index in [2.05, 4.69) is 6.92 Å². The summed E-state index contributed by atoms with van der Waals surface area (Å²) in [6.45, 7) is 8.31. The summed E-state index contributed by atoms with van der Waals surface area (Å²) in [6.07, 6.45) is 3.68. The van der Waals surface area contributed by atoms with Crippen LogP contribution in [0.5, 0.6) is 17.2 Å². The highest BCUT2D eigenvalue weighted by atomic mass is 35.5. The van der Waals surface area contributed by atoms with Gasteiger partial charge in [0.2, 0.25) is 0 Å².